The van der Waals surface area contributed by atoms with E-state index in [0.717, 1.165) is 74.6 Å². The van der Waals surface area contributed by atoms with Gasteiger partial charge in [-0.3, -0.25) is 9.80 Å². The Hall–Kier alpha value is -4.13. The molecule has 3 fully saturated rings. The van der Waals surface area contributed by atoms with Crippen molar-refractivity contribution >= 4 is 16.7 Å². The largest absolute Gasteiger partial charge is 0.455 e. The SMILES string of the molecule is CCc1ccc(CN2CCN(C3CC4(CCN(c5ccc(CC)c(Oc6cnc7[nH]ccc7c6)c5)CC4)C3)C(c3ccccc3C(C)C)C2)cc1. The lowest BCUT2D eigenvalue weighted by Gasteiger charge is -2.58. The van der Waals surface area contributed by atoms with Crippen molar-refractivity contribution in [1.29, 1.82) is 0 Å². The number of aryl methyl sites for hydroxylation is 2. The fourth-order valence-corrected chi connectivity index (χ4v) is 9.24. The molecule has 1 saturated carbocycles. The van der Waals surface area contributed by atoms with Gasteiger partial charge in [0, 0.05) is 74.7 Å². The van der Waals surface area contributed by atoms with Gasteiger partial charge in [0.15, 0.2) is 0 Å². The van der Waals surface area contributed by atoms with E-state index in [1.54, 1.807) is 5.56 Å². The molecule has 1 atom stereocenters. The molecule has 2 aliphatic heterocycles. The van der Waals surface area contributed by atoms with E-state index in [1.165, 1.54) is 53.6 Å². The van der Waals surface area contributed by atoms with Crippen LogP contribution in [0.2, 0.25) is 0 Å². The summed E-state index contributed by atoms with van der Waals surface area (Å²) in [5, 5.41) is 1.07. The van der Waals surface area contributed by atoms with Crippen molar-refractivity contribution < 1.29 is 4.74 Å². The Balaban J connectivity index is 0.936. The van der Waals surface area contributed by atoms with E-state index < -0.39 is 0 Å². The van der Waals surface area contributed by atoms with Gasteiger partial charge in [-0.2, -0.15) is 0 Å². The number of aromatic amines is 1. The number of H-pyrrole nitrogens is 1. The van der Waals surface area contributed by atoms with E-state index in [-0.39, 0.29) is 0 Å². The molecule has 6 heteroatoms. The molecule has 1 unspecified atom stereocenters. The zero-order chi connectivity index (χ0) is 35.0. The highest BCUT2D eigenvalue weighted by Gasteiger charge is 2.50. The third-order valence-corrected chi connectivity index (χ3v) is 12.4. The number of hydrogen-bond acceptors (Lipinski definition) is 5. The molecule has 3 aromatic carbocycles. The number of anilines is 1. The summed E-state index contributed by atoms with van der Waals surface area (Å²) < 4.78 is 6.47. The van der Waals surface area contributed by atoms with Crippen LogP contribution in [-0.2, 0) is 19.4 Å². The maximum atomic E-state index is 6.47. The van der Waals surface area contributed by atoms with Crippen molar-refractivity contribution in [2.24, 2.45) is 5.41 Å². The first-order chi connectivity index (χ1) is 24.9. The Bertz CT molecular complexity index is 1930. The third kappa shape index (κ3) is 7.05. The molecule has 5 aromatic rings. The Morgan fingerprint density at radius 3 is 2.41 bits per heavy atom. The number of rotatable bonds is 10. The molecular formula is C45H55N5O. The second-order valence-electron chi connectivity index (χ2n) is 15.8. The summed E-state index contributed by atoms with van der Waals surface area (Å²) in [7, 11) is 0. The van der Waals surface area contributed by atoms with Crippen LogP contribution in [0.4, 0.5) is 5.69 Å². The lowest BCUT2D eigenvalue weighted by Crippen LogP contribution is -2.60. The van der Waals surface area contributed by atoms with Crippen LogP contribution in [0, 0.1) is 5.41 Å². The zero-order valence-electron chi connectivity index (χ0n) is 31.1. The molecule has 2 saturated heterocycles. The third-order valence-electron chi connectivity index (χ3n) is 12.4. The minimum atomic E-state index is 0.443. The number of piperazine rings is 1. The quantitative estimate of drug-likeness (QED) is 0.159. The number of nitrogens with zero attached hydrogens (tertiary/aromatic N) is 4. The van der Waals surface area contributed by atoms with Gasteiger partial charge < -0.3 is 14.6 Å². The van der Waals surface area contributed by atoms with Crippen molar-refractivity contribution in [3.05, 3.63) is 119 Å². The minimum Gasteiger partial charge on any atom is -0.455 e. The molecule has 1 aliphatic carbocycles. The molecule has 4 heterocycles. The number of piperidine rings is 1. The molecule has 6 nitrogen and oxygen atoms in total. The molecular weight excluding hydrogens is 627 g/mol. The molecule has 1 N–H and O–H groups in total. The summed E-state index contributed by atoms with van der Waals surface area (Å²) in [6, 6.07) is 30.6. The van der Waals surface area contributed by atoms with Crippen LogP contribution in [0.3, 0.4) is 0 Å². The minimum absolute atomic E-state index is 0.443. The molecule has 0 bridgehead atoms. The van der Waals surface area contributed by atoms with Crippen molar-refractivity contribution in [3.8, 4) is 11.5 Å². The van der Waals surface area contributed by atoms with Crippen LogP contribution in [0.15, 0.2) is 91.3 Å². The van der Waals surface area contributed by atoms with Gasteiger partial charge in [-0.1, -0.05) is 82.3 Å². The number of nitrogens with one attached hydrogen (secondary N) is 1. The number of ether oxygens (including phenoxy) is 1. The lowest BCUT2D eigenvalue weighted by atomic mass is 9.59. The smallest absolute Gasteiger partial charge is 0.146 e. The summed E-state index contributed by atoms with van der Waals surface area (Å²) in [6.07, 6.45) is 11.0. The first-order valence-electron chi connectivity index (χ1n) is 19.5. The van der Waals surface area contributed by atoms with Gasteiger partial charge in [-0.05, 0) is 95.9 Å². The maximum Gasteiger partial charge on any atom is 0.146 e. The number of aromatic nitrogens is 2. The first kappa shape index (κ1) is 34.0. The van der Waals surface area contributed by atoms with Gasteiger partial charge in [0.25, 0.3) is 0 Å². The molecule has 1 spiro atoms. The number of benzene rings is 3. The van der Waals surface area contributed by atoms with Crippen LogP contribution in [0.5, 0.6) is 11.5 Å². The second-order valence-corrected chi connectivity index (χ2v) is 15.8. The van der Waals surface area contributed by atoms with Crippen molar-refractivity contribution in [1.82, 2.24) is 19.8 Å². The van der Waals surface area contributed by atoms with E-state index in [0.29, 0.717) is 23.4 Å². The fourth-order valence-electron chi connectivity index (χ4n) is 9.24. The summed E-state index contributed by atoms with van der Waals surface area (Å²) in [5.41, 5.74) is 9.78. The van der Waals surface area contributed by atoms with E-state index >= 15 is 0 Å². The van der Waals surface area contributed by atoms with Crippen LogP contribution < -0.4 is 9.64 Å². The van der Waals surface area contributed by atoms with Gasteiger partial charge in [-0.25, -0.2) is 4.98 Å². The first-order valence-corrected chi connectivity index (χ1v) is 19.5. The van der Waals surface area contributed by atoms with E-state index in [4.69, 9.17) is 4.74 Å². The molecule has 266 valence electrons. The Kier molecular flexibility index (Phi) is 9.65. The Morgan fingerprint density at radius 2 is 1.65 bits per heavy atom. The molecule has 3 aliphatic rings. The number of fused-ring (bicyclic) bond motifs is 1. The topological polar surface area (TPSA) is 47.6 Å². The Morgan fingerprint density at radius 1 is 0.863 bits per heavy atom. The van der Waals surface area contributed by atoms with Gasteiger partial charge in [0.05, 0.1) is 6.20 Å². The summed E-state index contributed by atoms with van der Waals surface area (Å²) >= 11 is 0. The number of pyridine rings is 1. The monoisotopic (exact) mass is 681 g/mol. The predicted molar refractivity (Wildman–Crippen MR) is 210 cm³/mol. The highest BCUT2D eigenvalue weighted by molar-refractivity contribution is 5.76. The highest BCUT2D eigenvalue weighted by atomic mass is 16.5. The predicted octanol–water partition coefficient (Wildman–Crippen LogP) is 9.91. The molecule has 2 aromatic heterocycles. The average molecular weight is 682 g/mol. The van der Waals surface area contributed by atoms with Crippen molar-refractivity contribution in [2.45, 2.75) is 90.8 Å². The van der Waals surface area contributed by atoms with E-state index in [2.05, 4.69) is 125 Å². The normalized spacial score (nSPS) is 19.9. The van der Waals surface area contributed by atoms with Crippen LogP contribution >= 0.6 is 0 Å². The van der Waals surface area contributed by atoms with Crippen LogP contribution in [0.1, 0.15) is 93.2 Å². The fraction of sp³-hybridized carbons (Fsp3) is 0.444. The zero-order valence-corrected chi connectivity index (χ0v) is 31.1. The van der Waals surface area contributed by atoms with Crippen molar-refractivity contribution in [2.75, 3.05) is 37.6 Å². The maximum absolute atomic E-state index is 6.47. The molecule has 0 radical (unpaired) electrons. The Labute approximate surface area is 304 Å². The van der Waals surface area contributed by atoms with Gasteiger partial charge in [-0.15, -0.1) is 0 Å². The average Bonchev–Trinajstić information content (AvgIpc) is 3.62. The molecule has 51 heavy (non-hydrogen) atoms. The summed E-state index contributed by atoms with van der Waals surface area (Å²) in [4.78, 5) is 15.9. The highest BCUT2D eigenvalue weighted by Crippen LogP contribution is 2.53. The van der Waals surface area contributed by atoms with E-state index in [1.807, 2.05) is 18.5 Å². The number of hydrogen-bond donors (Lipinski definition) is 1. The van der Waals surface area contributed by atoms with E-state index in [9.17, 15) is 0 Å². The van der Waals surface area contributed by atoms with Crippen molar-refractivity contribution in [3.63, 3.8) is 0 Å². The lowest BCUT2D eigenvalue weighted by molar-refractivity contribution is -0.0628. The summed E-state index contributed by atoms with van der Waals surface area (Å²) in [5.74, 6) is 2.25. The van der Waals surface area contributed by atoms with Crippen LogP contribution in [0.25, 0.3) is 11.0 Å². The summed E-state index contributed by atoms with van der Waals surface area (Å²) in [6.45, 7) is 15.8. The second kappa shape index (κ2) is 14.5. The standard InChI is InChI=1S/C45H55N5O/c1-5-33-11-13-34(14-12-33)30-48-23-24-50(42(31-48)41-10-8-7-9-40(41)32(3)4)38-27-45(28-38)18-21-49(22-19-45)37-16-15-35(6-2)43(26-37)51-39-25-36-17-20-46-44(36)47-29-39/h7-17,20,25-26,29,32,38,42H,5-6,18-19,21-24,27-28,30-31H2,1-4H3,(H,46,47). The van der Waals surface area contributed by atoms with Gasteiger partial charge in [0.2, 0.25) is 0 Å². The molecule has 0 amide bonds. The van der Waals surface area contributed by atoms with Gasteiger partial charge in [0.1, 0.15) is 17.1 Å². The van der Waals surface area contributed by atoms with Crippen LogP contribution in [-0.4, -0.2) is 58.5 Å². The molecule has 8 rings (SSSR count). The van der Waals surface area contributed by atoms with Gasteiger partial charge >= 0.3 is 0 Å².